The van der Waals surface area contributed by atoms with Crippen molar-refractivity contribution in [3.8, 4) is 0 Å². The third-order valence-electron chi connectivity index (χ3n) is 2.22. The third-order valence-corrected chi connectivity index (χ3v) is 2.54. The van der Waals surface area contributed by atoms with Crippen LogP contribution in [0.1, 0.15) is 25.3 Å². The van der Waals surface area contributed by atoms with Crippen LogP contribution in [0.25, 0.3) is 0 Å². The Hall–Kier alpha value is -1.62. The van der Waals surface area contributed by atoms with Crippen molar-refractivity contribution in [1.82, 2.24) is 0 Å². The van der Waals surface area contributed by atoms with Gasteiger partial charge in [0.05, 0.1) is 23.8 Å². The van der Waals surface area contributed by atoms with E-state index in [1.54, 1.807) is 0 Å². The average Bonchev–Trinajstić information content (AvgIpc) is 2.36. The first-order valence-corrected chi connectivity index (χ1v) is 6.17. The minimum Gasteiger partial charge on any atom is -0.465 e. The molecule has 0 aliphatic carbocycles. The Morgan fingerprint density at radius 1 is 1.47 bits per heavy atom. The first-order chi connectivity index (χ1) is 9.08. The minimum atomic E-state index is -0.459. The van der Waals surface area contributed by atoms with Gasteiger partial charge in [-0.1, -0.05) is 23.7 Å². The van der Waals surface area contributed by atoms with Crippen LogP contribution in [-0.4, -0.2) is 25.4 Å². The molecule has 0 fully saturated rings. The molecule has 0 aliphatic rings. The summed E-state index contributed by atoms with van der Waals surface area (Å²) in [4.78, 5) is 16.2. The topological polar surface area (TPSA) is 47.9 Å². The van der Waals surface area contributed by atoms with Crippen molar-refractivity contribution < 1.29 is 18.8 Å². The Morgan fingerprint density at radius 2 is 2.21 bits per heavy atom. The number of carbonyl (C=O) groups is 1. The number of ether oxygens (including phenoxy) is 1. The van der Waals surface area contributed by atoms with Gasteiger partial charge in [0.15, 0.2) is 0 Å². The first-order valence-electron chi connectivity index (χ1n) is 5.79. The van der Waals surface area contributed by atoms with Gasteiger partial charge in [-0.3, -0.25) is 4.79 Å². The molecule has 19 heavy (non-hydrogen) atoms. The Labute approximate surface area is 116 Å². The van der Waals surface area contributed by atoms with Gasteiger partial charge in [-0.25, -0.2) is 4.39 Å². The molecule has 0 saturated heterocycles. The van der Waals surface area contributed by atoms with Gasteiger partial charge in [0.2, 0.25) is 0 Å². The predicted molar refractivity (Wildman–Crippen MR) is 70.8 cm³/mol. The van der Waals surface area contributed by atoms with Crippen molar-refractivity contribution in [3.05, 3.63) is 34.6 Å². The average molecular weight is 288 g/mol. The summed E-state index contributed by atoms with van der Waals surface area (Å²) in [5, 5.41) is 3.91. The maximum Gasteiger partial charge on any atom is 0.312 e. The minimum absolute atomic E-state index is 0.0841. The molecule has 0 unspecified atom stereocenters. The van der Waals surface area contributed by atoms with Crippen molar-refractivity contribution in [2.45, 2.75) is 19.8 Å². The molecule has 0 spiro atoms. The molecule has 0 atom stereocenters. The Kier molecular flexibility index (Phi) is 6.29. The summed E-state index contributed by atoms with van der Waals surface area (Å²) >= 11 is 5.92. The number of benzene rings is 1. The lowest BCUT2D eigenvalue weighted by molar-refractivity contribution is -0.142. The van der Waals surface area contributed by atoms with E-state index in [4.69, 9.17) is 16.3 Å². The van der Waals surface area contributed by atoms with Gasteiger partial charge < -0.3 is 9.57 Å². The summed E-state index contributed by atoms with van der Waals surface area (Å²) in [5.41, 5.74) is 0.743. The van der Waals surface area contributed by atoms with E-state index in [0.717, 1.165) is 12.5 Å². The molecule has 0 radical (unpaired) electrons. The Balaban J connectivity index is 2.89. The van der Waals surface area contributed by atoms with Gasteiger partial charge in [-0.05, 0) is 24.6 Å². The van der Waals surface area contributed by atoms with Crippen LogP contribution in [0.15, 0.2) is 23.4 Å². The number of oxime groups is 1. The molecular weight excluding hydrogens is 273 g/mol. The molecule has 0 N–H and O–H groups in total. The second kappa shape index (κ2) is 7.74. The fourth-order valence-corrected chi connectivity index (χ4v) is 1.69. The van der Waals surface area contributed by atoms with Crippen LogP contribution >= 0.6 is 11.6 Å². The van der Waals surface area contributed by atoms with E-state index in [9.17, 15) is 9.18 Å². The molecule has 4 nitrogen and oxygen atoms in total. The lowest BCUT2D eigenvalue weighted by atomic mass is 10.1. The van der Waals surface area contributed by atoms with Crippen LogP contribution in [0.2, 0.25) is 5.02 Å². The van der Waals surface area contributed by atoms with Crippen LogP contribution in [0.5, 0.6) is 0 Å². The zero-order valence-electron chi connectivity index (χ0n) is 10.8. The number of esters is 1. The molecule has 0 aromatic heterocycles. The number of hydrogen-bond acceptors (Lipinski definition) is 4. The van der Waals surface area contributed by atoms with Gasteiger partial charge >= 0.3 is 5.97 Å². The number of halogens is 2. The second-order valence-electron chi connectivity index (χ2n) is 3.74. The Morgan fingerprint density at radius 3 is 2.79 bits per heavy atom. The van der Waals surface area contributed by atoms with Crippen LogP contribution in [0.4, 0.5) is 4.39 Å². The molecule has 104 valence electrons. The van der Waals surface area contributed by atoms with E-state index >= 15 is 0 Å². The lowest BCUT2D eigenvalue weighted by Crippen LogP contribution is -2.13. The van der Waals surface area contributed by atoms with Crippen molar-refractivity contribution in [2.24, 2.45) is 5.16 Å². The largest absolute Gasteiger partial charge is 0.465 e. The highest BCUT2D eigenvalue weighted by Gasteiger charge is 2.15. The summed E-state index contributed by atoms with van der Waals surface area (Å²) in [5.74, 6) is -0.892. The normalized spacial score (nSPS) is 11.3. The fraction of sp³-hybridized carbons (Fsp3) is 0.385. The molecule has 0 saturated carbocycles. The van der Waals surface area contributed by atoms with Crippen LogP contribution < -0.4 is 0 Å². The molecular formula is C13H15ClFNO3. The van der Waals surface area contributed by atoms with Gasteiger partial charge in [0.25, 0.3) is 0 Å². The number of carbonyl (C=O) groups excluding carboxylic acids is 1. The van der Waals surface area contributed by atoms with E-state index in [1.807, 2.05) is 6.92 Å². The van der Waals surface area contributed by atoms with Gasteiger partial charge in [-0.15, -0.1) is 0 Å². The molecule has 0 aliphatic heterocycles. The van der Waals surface area contributed by atoms with Gasteiger partial charge in [-0.2, -0.15) is 0 Å². The van der Waals surface area contributed by atoms with Crippen molar-refractivity contribution in [3.63, 3.8) is 0 Å². The standard InChI is InChI=1S/C13H15ClFNO3/c1-3-6-19-13(17)8-12(16-18-2)10-5-4-9(15)7-11(10)14/h4-5,7H,3,6,8H2,1-2H3. The summed E-state index contributed by atoms with van der Waals surface area (Å²) in [6, 6.07) is 3.84. The van der Waals surface area contributed by atoms with E-state index in [-0.39, 0.29) is 11.4 Å². The zero-order valence-corrected chi connectivity index (χ0v) is 11.5. The summed E-state index contributed by atoms with van der Waals surface area (Å²) in [6.45, 7) is 2.24. The highest BCUT2D eigenvalue weighted by molar-refractivity contribution is 6.34. The predicted octanol–water partition coefficient (Wildman–Crippen LogP) is 3.17. The third kappa shape index (κ3) is 4.87. The van der Waals surface area contributed by atoms with E-state index < -0.39 is 11.8 Å². The van der Waals surface area contributed by atoms with Gasteiger partial charge in [0, 0.05) is 5.56 Å². The number of nitrogens with zero attached hydrogens (tertiary/aromatic N) is 1. The van der Waals surface area contributed by atoms with Crippen molar-refractivity contribution in [1.29, 1.82) is 0 Å². The summed E-state index contributed by atoms with van der Waals surface area (Å²) in [6.07, 6.45) is 0.652. The molecule has 0 amide bonds. The first kappa shape index (κ1) is 15.4. The Bertz CT molecular complexity index is 477. The summed E-state index contributed by atoms with van der Waals surface area (Å²) in [7, 11) is 1.36. The van der Waals surface area contributed by atoms with Crippen molar-refractivity contribution >= 4 is 23.3 Å². The zero-order chi connectivity index (χ0) is 14.3. The molecule has 1 aromatic rings. The smallest absolute Gasteiger partial charge is 0.312 e. The van der Waals surface area contributed by atoms with Crippen molar-refractivity contribution in [2.75, 3.05) is 13.7 Å². The summed E-state index contributed by atoms with van der Waals surface area (Å²) < 4.78 is 17.9. The maximum absolute atomic E-state index is 13.0. The number of rotatable bonds is 6. The SMILES string of the molecule is CCCOC(=O)CC(=NOC)c1ccc(F)cc1Cl. The van der Waals surface area contributed by atoms with Crippen LogP contribution in [-0.2, 0) is 14.4 Å². The lowest BCUT2D eigenvalue weighted by Gasteiger charge is -2.08. The molecule has 0 bridgehead atoms. The van der Waals surface area contributed by atoms with E-state index in [0.29, 0.717) is 17.9 Å². The highest BCUT2D eigenvalue weighted by Crippen LogP contribution is 2.20. The van der Waals surface area contributed by atoms with E-state index in [2.05, 4.69) is 9.99 Å². The monoisotopic (exact) mass is 287 g/mol. The molecule has 1 rings (SSSR count). The quantitative estimate of drug-likeness (QED) is 0.459. The van der Waals surface area contributed by atoms with Crippen LogP contribution in [0.3, 0.4) is 0 Å². The van der Waals surface area contributed by atoms with Crippen LogP contribution in [0, 0.1) is 5.82 Å². The number of hydrogen-bond donors (Lipinski definition) is 0. The second-order valence-corrected chi connectivity index (χ2v) is 4.15. The van der Waals surface area contributed by atoms with E-state index in [1.165, 1.54) is 19.2 Å². The highest BCUT2D eigenvalue weighted by atomic mass is 35.5. The van der Waals surface area contributed by atoms with Gasteiger partial charge in [0.1, 0.15) is 12.9 Å². The molecule has 6 heteroatoms. The fourth-order valence-electron chi connectivity index (χ4n) is 1.41. The maximum atomic E-state index is 13.0. The molecule has 0 heterocycles. The molecule has 1 aromatic carbocycles.